The van der Waals surface area contributed by atoms with E-state index in [4.69, 9.17) is 4.74 Å². The van der Waals surface area contributed by atoms with E-state index < -0.39 is 0 Å². The summed E-state index contributed by atoms with van der Waals surface area (Å²) in [6, 6.07) is 5.66. The number of aromatic nitrogens is 1. The van der Waals surface area contributed by atoms with Gasteiger partial charge in [0.1, 0.15) is 10.8 Å². The van der Waals surface area contributed by atoms with Crippen LogP contribution in [-0.2, 0) is 12.8 Å². The van der Waals surface area contributed by atoms with Crippen LogP contribution in [-0.4, -0.2) is 17.4 Å². The van der Waals surface area contributed by atoms with E-state index >= 15 is 0 Å². The van der Waals surface area contributed by atoms with Gasteiger partial charge < -0.3 is 4.74 Å². The van der Waals surface area contributed by atoms with Gasteiger partial charge in [0.05, 0.1) is 13.0 Å². The lowest BCUT2D eigenvalue weighted by atomic mass is 10.0. The van der Waals surface area contributed by atoms with Crippen molar-refractivity contribution in [3.8, 4) is 5.75 Å². The lowest BCUT2D eigenvalue weighted by Crippen LogP contribution is -2.03. The van der Waals surface area contributed by atoms with Gasteiger partial charge in [0.15, 0.2) is 5.78 Å². The Hall–Kier alpha value is -1.68. The van der Waals surface area contributed by atoms with Crippen molar-refractivity contribution in [3.05, 3.63) is 45.9 Å². The van der Waals surface area contributed by atoms with E-state index in [1.165, 1.54) is 11.3 Å². The van der Waals surface area contributed by atoms with Crippen molar-refractivity contribution in [2.75, 3.05) is 6.61 Å². The van der Waals surface area contributed by atoms with Crippen molar-refractivity contribution in [3.63, 3.8) is 0 Å². The first-order chi connectivity index (χ1) is 8.33. The quantitative estimate of drug-likeness (QED) is 0.780. The number of Topliss-reactive ketones (excluding diaryl/α,β-unsaturated/α-hetero) is 1. The highest BCUT2D eigenvalue weighted by Crippen LogP contribution is 2.26. The Morgan fingerprint density at radius 3 is 3.24 bits per heavy atom. The smallest absolute Gasteiger partial charge is 0.169 e. The first kappa shape index (κ1) is 10.5. The van der Waals surface area contributed by atoms with Crippen LogP contribution in [0.25, 0.3) is 0 Å². The van der Waals surface area contributed by atoms with Crippen molar-refractivity contribution >= 4 is 17.1 Å². The first-order valence-electron chi connectivity index (χ1n) is 5.50. The molecule has 0 saturated heterocycles. The fourth-order valence-corrected chi connectivity index (χ4v) is 2.55. The number of nitrogens with zero attached hydrogens (tertiary/aromatic N) is 1. The van der Waals surface area contributed by atoms with Gasteiger partial charge in [0, 0.05) is 23.6 Å². The summed E-state index contributed by atoms with van der Waals surface area (Å²) in [7, 11) is 0. The zero-order chi connectivity index (χ0) is 11.7. The third-order valence-corrected chi connectivity index (χ3v) is 3.59. The standard InChI is InChI=1S/C13H11NO2S/c15-11(8-13-14-4-6-17-13)9-1-2-12-10(7-9)3-5-16-12/h1-2,4,6-7H,3,5,8H2. The van der Waals surface area contributed by atoms with Crippen LogP contribution in [0.5, 0.6) is 5.75 Å². The molecule has 4 heteroatoms. The molecule has 0 radical (unpaired) electrons. The molecule has 0 fully saturated rings. The maximum absolute atomic E-state index is 12.0. The van der Waals surface area contributed by atoms with E-state index in [0.29, 0.717) is 6.42 Å². The molecule has 3 nitrogen and oxygen atoms in total. The average Bonchev–Trinajstić information content (AvgIpc) is 2.97. The topological polar surface area (TPSA) is 39.2 Å². The summed E-state index contributed by atoms with van der Waals surface area (Å²) in [5.41, 5.74) is 1.89. The molecular formula is C13H11NO2S. The molecule has 0 unspecified atom stereocenters. The number of rotatable bonds is 3. The van der Waals surface area contributed by atoms with Crippen LogP contribution >= 0.6 is 11.3 Å². The van der Waals surface area contributed by atoms with E-state index in [1.54, 1.807) is 6.20 Å². The highest BCUT2D eigenvalue weighted by molar-refractivity contribution is 7.09. The predicted octanol–water partition coefficient (Wildman–Crippen LogP) is 2.50. The molecule has 1 aliphatic heterocycles. The number of ketones is 1. The molecule has 1 aromatic heterocycles. The maximum atomic E-state index is 12.0. The molecule has 0 aliphatic carbocycles. The lowest BCUT2D eigenvalue weighted by molar-refractivity contribution is 0.0993. The summed E-state index contributed by atoms with van der Waals surface area (Å²) in [6.45, 7) is 0.722. The number of carbonyl (C=O) groups is 1. The van der Waals surface area contributed by atoms with E-state index in [9.17, 15) is 4.79 Å². The molecule has 17 heavy (non-hydrogen) atoms. The molecule has 0 atom stereocenters. The summed E-state index contributed by atoms with van der Waals surface area (Å²) >= 11 is 1.51. The number of hydrogen-bond donors (Lipinski definition) is 0. The summed E-state index contributed by atoms with van der Waals surface area (Å²) in [6.07, 6.45) is 3.01. The molecule has 0 spiro atoms. The van der Waals surface area contributed by atoms with Crippen LogP contribution in [0.15, 0.2) is 29.8 Å². The minimum absolute atomic E-state index is 0.120. The molecule has 1 aliphatic rings. The Morgan fingerprint density at radius 1 is 1.47 bits per heavy atom. The van der Waals surface area contributed by atoms with Gasteiger partial charge in [-0.3, -0.25) is 4.79 Å². The molecule has 0 bridgehead atoms. The number of carbonyl (C=O) groups excluding carboxylic acids is 1. The minimum Gasteiger partial charge on any atom is -0.493 e. The van der Waals surface area contributed by atoms with Crippen LogP contribution in [0, 0.1) is 0 Å². The van der Waals surface area contributed by atoms with Gasteiger partial charge in [-0.05, 0) is 23.8 Å². The molecule has 0 N–H and O–H groups in total. The second kappa shape index (κ2) is 4.30. The van der Waals surface area contributed by atoms with Crippen LogP contribution in [0.4, 0.5) is 0 Å². The summed E-state index contributed by atoms with van der Waals surface area (Å²) in [5, 5.41) is 2.76. The van der Waals surface area contributed by atoms with Crippen molar-refractivity contribution in [1.29, 1.82) is 0 Å². The van der Waals surface area contributed by atoms with Gasteiger partial charge in [0.25, 0.3) is 0 Å². The Kier molecular flexibility index (Phi) is 2.65. The molecule has 2 heterocycles. The van der Waals surface area contributed by atoms with E-state index in [-0.39, 0.29) is 5.78 Å². The number of hydrogen-bond acceptors (Lipinski definition) is 4. The van der Waals surface area contributed by atoms with Crippen molar-refractivity contribution in [2.24, 2.45) is 0 Å². The van der Waals surface area contributed by atoms with Gasteiger partial charge in [-0.15, -0.1) is 11.3 Å². The SMILES string of the molecule is O=C(Cc1nccs1)c1ccc2c(c1)CCO2. The van der Waals surface area contributed by atoms with Gasteiger partial charge in [-0.1, -0.05) is 0 Å². The number of thiazole rings is 1. The normalized spacial score (nSPS) is 13.2. The Balaban J connectivity index is 1.82. The molecule has 0 saturated carbocycles. The molecule has 3 rings (SSSR count). The second-order valence-corrected chi connectivity index (χ2v) is 4.93. The lowest BCUT2D eigenvalue weighted by Gasteiger charge is -2.02. The fourth-order valence-electron chi connectivity index (χ4n) is 1.94. The zero-order valence-corrected chi connectivity index (χ0v) is 10.00. The Bertz CT molecular complexity index is 549. The van der Waals surface area contributed by atoms with Crippen LogP contribution in [0.1, 0.15) is 20.9 Å². The largest absolute Gasteiger partial charge is 0.493 e. The molecule has 0 amide bonds. The Morgan fingerprint density at radius 2 is 2.41 bits per heavy atom. The number of fused-ring (bicyclic) bond motifs is 1. The average molecular weight is 245 g/mol. The van der Waals surface area contributed by atoms with Gasteiger partial charge in [-0.25, -0.2) is 4.98 Å². The highest BCUT2D eigenvalue weighted by atomic mass is 32.1. The van der Waals surface area contributed by atoms with Crippen molar-refractivity contribution < 1.29 is 9.53 Å². The molecular weight excluding hydrogens is 234 g/mol. The third kappa shape index (κ3) is 2.08. The van der Waals surface area contributed by atoms with Crippen LogP contribution < -0.4 is 4.74 Å². The van der Waals surface area contributed by atoms with Gasteiger partial charge >= 0.3 is 0 Å². The van der Waals surface area contributed by atoms with Crippen molar-refractivity contribution in [1.82, 2.24) is 4.98 Å². The summed E-state index contributed by atoms with van der Waals surface area (Å²) < 4.78 is 5.42. The van der Waals surface area contributed by atoms with E-state index in [0.717, 1.165) is 34.9 Å². The Labute approximate surface area is 103 Å². The molecule has 2 aromatic rings. The fraction of sp³-hybridized carbons (Fsp3) is 0.231. The van der Waals surface area contributed by atoms with Crippen LogP contribution in [0.3, 0.4) is 0 Å². The number of ether oxygens (including phenoxy) is 1. The first-order valence-corrected chi connectivity index (χ1v) is 6.38. The number of benzene rings is 1. The van der Waals surface area contributed by atoms with E-state index in [1.807, 2.05) is 23.6 Å². The zero-order valence-electron chi connectivity index (χ0n) is 9.18. The minimum atomic E-state index is 0.120. The van der Waals surface area contributed by atoms with Crippen molar-refractivity contribution in [2.45, 2.75) is 12.8 Å². The van der Waals surface area contributed by atoms with Crippen LogP contribution in [0.2, 0.25) is 0 Å². The molecule has 86 valence electrons. The second-order valence-electron chi connectivity index (χ2n) is 3.95. The highest BCUT2D eigenvalue weighted by Gasteiger charge is 2.15. The third-order valence-electron chi connectivity index (χ3n) is 2.81. The maximum Gasteiger partial charge on any atom is 0.169 e. The van der Waals surface area contributed by atoms with Gasteiger partial charge in [-0.2, -0.15) is 0 Å². The summed E-state index contributed by atoms with van der Waals surface area (Å²) in [4.78, 5) is 16.2. The van der Waals surface area contributed by atoms with Gasteiger partial charge in [0.2, 0.25) is 0 Å². The molecule has 1 aromatic carbocycles. The monoisotopic (exact) mass is 245 g/mol. The van der Waals surface area contributed by atoms with E-state index in [2.05, 4.69) is 4.98 Å². The summed E-state index contributed by atoms with van der Waals surface area (Å²) in [5.74, 6) is 1.03. The predicted molar refractivity (Wildman–Crippen MR) is 65.8 cm³/mol.